The molecule has 0 saturated carbocycles. The summed E-state index contributed by atoms with van der Waals surface area (Å²) in [6.45, 7) is 1.82. The van der Waals surface area contributed by atoms with E-state index in [9.17, 15) is 35.3 Å². The van der Waals surface area contributed by atoms with Gasteiger partial charge in [-0.25, -0.2) is 17.6 Å². The van der Waals surface area contributed by atoms with E-state index < -0.39 is 53.8 Å². The third kappa shape index (κ3) is 3.97. The molecule has 4 nitrogen and oxygen atoms in total. The van der Waals surface area contributed by atoms with E-state index in [1.807, 2.05) is 0 Å². The number of hydrogen-bond acceptors (Lipinski definition) is 4. The number of benzene rings is 1. The Bertz CT molecular complexity index is 706. The quantitative estimate of drug-likeness (QED) is 0.384. The van der Waals surface area contributed by atoms with Crippen LogP contribution in [0.5, 0.6) is 0 Å². The van der Waals surface area contributed by atoms with Crippen LogP contribution in [0.3, 0.4) is 0 Å². The van der Waals surface area contributed by atoms with Crippen LogP contribution in [0.1, 0.15) is 30.6 Å². The smallest absolute Gasteiger partial charge is 0.308 e. The minimum Gasteiger partial charge on any atom is -0.308 e. The van der Waals surface area contributed by atoms with Crippen molar-refractivity contribution in [2.45, 2.75) is 25.7 Å². The van der Waals surface area contributed by atoms with Crippen LogP contribution in [-0.2, 0) is 19.8 Å². The maximum absolute atomic E-state index is 14.0. The van der Waals surface area contributed by atoms with E-state index in [0.717, 1.165) is 6.07 Å². The Hall–Kier alpha value is -1.63. The molecule has 0 saturated heterocycles. The zero-order chi connectivity index (χ0) is 19.6. The summed E-state index contributed by atoms with van der Waals surface area (Å²) in [6.07, 6.45) is -5.74. The van der Waals surface area contributed by atoms with Gasteiger partial charge in [-0.05, 0) is 13.8 Å². The van der Waals surface area contributed by atoms with Crippen LogP contribution in [0.4, 0.5) is 30.7 Å². The molecule has 0 aliphatic carbocycles. The van der Waals surface area contributed by atoms with Gasteiger partial charge in [-0.2, -0.15) is 18.4 Å². The molecule has 1 atom stereocenters. The van der Waals surface area contributed by atoms with Crippen LogP contribution in [0, 0.1) is 34.6 Å². The first-order chi connectivity index (χ1) is 11.5. The number of hydrogen-bond donors (Lipinski definition) is 0. The lowest BCUT2D eigenvalue weighted by Crippen LogP contribution is -2.19. The third-order valence-corrected chi connectivity index (χ3v) is 5.15. The van der Waals surface area contributed by atoms with Crippen LogP contribution in [0.25, 0.3) is 0 Å². The Morgan fingerprint density at radius 2 is 1.40 bits per heavy atom. The van der Waals surface area contributed by atoms with Crippen LogP contribution in [-0.4, -0.2) is 13.2 Å². The van der Waals surface area contributed by atoms with Crippen molar-refractivity contribution in [1.29, 1.82) is 5.26 Å². The minimum atomic E-state index is -5.74. The number of nitriles is 1. The van der Waals surface area contributed by atoms with Crippen molar-refractivity contribution < 1.29 is 44.3 Å². The highest BCUT2D eigenvalue weighted by Crippen LogP contribution is 2.61. The molecule has 0 fully saturated rings. The first-order valence-corrected chi connectivity index (χ1v) is 8.28. The summed E-state index contributed by atoms with van der Waals surface area (Å²) in [5, 5.41) is 9.05. The molecule has 0 amide bonds. The van der Waals surface area contributed by atoms with Gasteiger partial charge in [-0.15, -0.1) is 0 Å². The maximum Gasteiger partial charge on any atom is 0.422 e. The van der Waals surface area contributed by atoms with Crippen molar-refractivity contribution in [3.05, 3.63) is 34.4 Å². The molecule has 1 aromatic rings. The average Bonchev–Trinajstić information content (AvgIpc) is 2.48. The third-order valence-electron chi connectivity index (χ3n) is 2.91. The van der Waals surface area contributed by atoms with Crippen molar-refractivity contribution in [1.82, 2.24) is 0 Å². The SMILES string of the molecule is CCOP(=O)(OCC)C(C#N)c1c(F)c(F)c(C(F)(F)F)c(F)c1F. The highest BCUT2D eigenvalue weighted by molar-refractivity contribution is 7.54. The van der Waals surface area contributed by atoms with E-state index in [1.54, 1.807) is 0 Å². The van der Waals surface area contributed by atoms with Gasteiger partial charge >= 0.3 is 13.8 Å². The maximum atomic E-state index is 14.0. The Morgan fingerprint density at radius 1 is 1.00 bits per heavy atom. The highest BCUT2D eigenvalue weighted by Gasteiger charge is 2.47. The molecular formula is C13H11F7NO3P. The number of nitrogens with zero attached hydrogens (tertiary/aromatic N) is 1. The topological polar surface area (TPSA) is 59.3 Å². The fourth-order valence-electron chi connectivity index (χ4n) is 1.98. The summed E-state index contributed by atoms with van der Waals surface area (Å²) in [4.78, 5) is 0. The van der Waals surface area contributed by atoms with Gasteiger partial charge < -0.3 is 9.05 Å². The first-order valence-electron chi connectivity index (χ1n) is 6.67. The van der Waals surface area contributed by atoms with E-state index in [1.165, 1.54) is 13.8 Å². The van der Waals surface area contributed by atoms with Crippen LogP contribution < -0.4 is 0 Å². The predicted octanol–water partition coefficient (Wildman–Crippen LogP) is 5.09. The van der Waals surface area contributed by atoms with Gasteiger partial charge in [-0.3, -0.25) is 4.57 Å². The monoisotopic (exact) mass is 393 g/mol. The van der Waals surface area contributed by atoms with Crippen molar-refractivity contribution in [2.75, 3.05) is 13.2 Å². The van der Waals surface area contributed by atoms with Gasteiger partial charge in [0.15, 0.2) is 28.9 Å². The molecule has 25 heavy (non-hydrogen) atoms. The van der Waals surface area contributed by atoms with Crippen molar-refractivity contribution >= 4 is 7.60 Å². The standard InChI is InChI=1S/C13H11F7NO3P/c1-3-23-25(22,24-4-2)6(5-21)7-9(14)11(16)8(13(18,19)20)12(17)10(7)15/h6H,3-4H2,1-2H3. The van der Waals surface area contributed by atoms with Crippen LogP contribution in [0.2, 0.25) is 0 Å². The fraction of sp³-hybridized carbons (Fsp3) is 0.462. The molecule has 0 N–H and O–H groups in total. The molecule has 0 radical (unpaired) electrons. The average molecular weight is 393 g/mol. The number of rotatable bonds is 6. The van der Waals surface area contributed by atoms with Crippen LogP contribution >= 0.6 is 7.60 Å². The second-order valence-corrected chi connectivity index (χ2v) is 6.56. The first kappa shape index (κ1) is 21.4. The molecule has 0 spiro atoms. The molecule has 0 aliphatic heterocycles. The van der Waals surface area contributed by atoms with E-state index in [2.05, 4.69) is 9.05 Å². The van der Waals surface area contributed by atoms with E-state index in [0.29, 0.717) is 0 Å². The summed E-state index contributed by atoms with van der Waals surface area (Å²) in [6, 6.07) is 1.12. The van der Waals surface area contributed by atoms with Crippen molar-refractivity contribution in [3.8, 4) is 6.07 Å². The lowest BCUT2D eigenvalue weighted by atomic mass is 10.0. The van der Waals surface area contributed by atoms with Gasteiger partial charge in [-0.1, -0.05) is 0 Å². The molecule has 0 bridgehead atoms. The van der Waals surface area contributed by atoms with Crippen LogP contribution in [0.15, 0.2) is 0 Å². The number of alkyl halides is 3. The molecule has 0 aliphatic rings. The van der Waals surface area contributed by atoms with Gasteiger partial charge in [0.1, 0.15) is 5.56 Å². The molecule has 12 heteroatoms. The molecule has 1 rings (SSSR count). The van der Waals surface area contributed by atoms with Crippen molar-refractivity contribution in [2.24, 2.45) is 0 Å². The minimum absolute atomic E-state index is 0.371. The summed E-state index contributed by atoms with van der Waals surface area (Å²) < 4.78 is 115. The largest absolute Gasteiger partial charge is 0.422 e. The van der Waals surface area contributed by atoms with Gasteiger partial charge in [0.05, 0.1) is 24.8 Å². The zero-order valence-electron chi connectivity index (χ0n) is 12.8. The number of halogens is 7. The highest BCUT2D eigenvalue weighted by atomic mass is 31.2. The Balaban J connectivity index is 3.77. The second-order valence-electron chi connectivity index (χ2n) is 4.45. The fourth-order valence-corrected chi connectivity index (χ4v) is 3.75. The van der Waals surface area contributed by atoms with Gasteiger partial charge in [0.25, 0.3) is 0 Å². The van der Waals surface area contributed by atoms with E-state index in [4.69, 9.17) is 5.26 Å². The van der Waals surface area contributed by atoms with Gasteiger partial charge in [0.2, 0.25) is 0 Å². The van der Waals surface area contributed by atoms with Gasteiger partial charge in [0, 0.05) is 0 Å². The normalized spacial score (nSPS) is 13.6. The zero-order valence-corrected chi connectivity index (χ0v) is 13.7. The lowest BCUT2D eigenvalue weighted by Gasteiger charge is -2.23. The Kier molecular flexibility index (Phi) is 6.61. The van der Waals surface area contributed by atoms with E-state index >= 15 is 0 Å². The molecule has 0 heterocycles. The van der Waals surface area contributed by atoms with Crippen molar-refractivity contribution in [3.63, 3.8) is 0 Å². The molecule has 1 aromatic carbocycles. The molecule has 140 valence electrons. The summed E-state index contributed by atoms with van der Waals surface area (Å²) in [7, 11) is -4.66. The summed E-state index contributed by atoms with van der Waals surface area (Å²) in [5.74, 6) is -10.5. The summed E-state index contributed by atoms with van der Waals surface area (Å²) in [5.41, 5.74) is -7.11. The van der Waals surface area contributed by atoms with E-state index in [-0.39, 0.29) is 13.2 Å². The molecule has 1 unspecified atom stereocenters. The molecular weight excluding hydrogens is 382 g/mol. The predicted molar refractivity (Wildman–Crippen MR) is 70.5 cm³/mol. The lowest BCUT2D eigenvalue weighted by molar-refractivity contribution is -0.143. The Morgan fingerprint density at radius 3 is 1.68 bits per heavy atom. The Labute approximate surface area is 137 Å². The summed E-state index contributed by atoms with van der Waals surface area (Å²) >= 11 is 0. The molecule has 0 aromatic heterocycles. The second kappa shape index (κ2) is 7.72.